The number of alkyl halides is 3. The van der Waals surface area contributed by atoms with Crippen molar-refractivity contribution in [3.63, 3.8) is 0 Å². The summed E-state index contributed by atoms with van der Waals surface area (Å²) < 4.78 is 52.4. The van der Waals surface area contributed by atoms with Crippen LogP contribution in [0.1, 0.15) is 32.6 Å². The number of carbonyl (C=O) groups excluding carboxylic acids is 2. The molecule has 0 aromatic heterocycles. The van der Waals surface area contributed by atoms with Gasteiger partial charge in [0.1, 0.15) is 0 Å². The van der Waals surface area contributed by atoms with Crippen molar-refractivity contribution in [2.24, 2.45) is 5.73 Å². The van der Waals surface area contributed by atoms with E-state index in [0.717, 1.165) is 12.8 Å². The number of esters is 1. The number of nitrogens with one attached hydrogen (secondary N) is 1. The van der Waals surface area contributed by atoms with Gasteiger partial charge in [0.15, 0.2) is 0 Å². The number of hydrogen-bond acceptors (Lipinski definition) is 8. The monoisotopic (exact) mass is 462 g/mol. The summed E-state index contributed by atoms with van der Waals surface area (Å²) in [6.45, 7) is 6.22. The Bertz CT molecular complexity index is 479. The molecule has 0 aliphatic rings. The number of unbranched alkanes of at least 4 members (excludes halogenated alkanes) is 1. The Morgan fingerprint density at radius 1 is 0.903 bits per heavy atom. The molecule has 13 heteroatoms. The van der Waals surface area contributed by atoms with Crippen molar-refractivity contribution >= 4 is 17.8 Å². The molecule has 4 N–H and O–H groups in total. The zero-order valence-electron chi connectivity index (χ0n) is 17.7. The lowest BCUT2D eigenvalue weighted by Crippen LogP contribution is -2.27. The molecule has 0 atom stereocenters. The van der Waals surface area contributed by atoms with Gasteiger partial charge in [0.25, 0.3) is 0 Å². The largest absolute Gasteiger partial charge is 0.490 e. The Balaban J connectivity index is 0. The van der Waals surface area contributed by atoms with Gasteiger partial charge in [0.2, 0.25) is 5.91 Å². The summed E-state index contributed by atoms with van der Waals surface area (Å²) in [6, 6.07) is 0. The van der Waals surface area contributed by atoms with Gasteiger partial charge in [0.05, 0.1) is 46.1 Å². The Kier molecular flexibility index (Phi) is 21.4. The van der Waals surface area contributed by atoms with E-state index in [4.69, 9.17) is 34.6 Å². The molecular formula is C18H33F3N2O8. The Labute approximate surface area is 179 Å². The van der Waals surface area contributed by atoms with Crippen LogP contribution < -0.4 is 11.1 Å². The van der Waals surface area contributed by atoms with Crippen LogP contribution in [0.4, 0.5) is 13.2 Å². The molecule has 0 saturated heterocycles. The number of carboxylic acid groups (broad SMARTS) is 1. The summed E-state index contributed by atoms with van der Waals surface area (Å²) >= 11 is 0. The second-order valence-corrected chi connectivity index (χ2v) is 5.79. The first kappa shape index (κ1) is 31.2. The molecule has 184 valence electrons. The zero-order chi connectivity index (χ0) is 24.0. The molecule has 31 heavy (non-hydrogen) atoms. The molecule has 0 aliphatic carbocycles. The van der Waals surface area contributed by atoms with Crippen LogP contribution in [-0.2, 0) is 33.3 Å². The molecular weight excluding hydrogens is 429 g/mol. The summed E-state index contributed by atoms with van der Waals surface area (Å²) in [5, 5.41) is 9.78. The smallest absolute Gasteiger partial charge is 0.475 e. The van der Waals surface area contributed by atoms with Gasteiger partial charge >= 0.3 is 18.1 Å². The molecule has 10 nitrogen and oxygen atoms in total. The van der Waals surface area contributed by atoms with Crippen molar-refractivity contribution in [1.82, 2.24) is 5.32 Å². The Morgan fingerprint density at radius 3 is 1.97 bits per heavy atom. The topological polar surface area (TPSA) is 146 Å². The minimum absolute atomic E-state index is 0.150. The molecule has 0 spiro atoms. The van der Waals surface area contributed by atoms with Crippen LogP contribution in [0.2, 0.25) is 0 Å². The fourth-order valence-electron chi connectivity index (χ4n) is 1.65. The van der Waals surface area contributed by atoms with Crippen molar-refractivity contribution in [3.05, 3.63) is 0 Å². The van der Waals surface area contributed by atoms with Crippen LogP contribution >= 0.6 is 0 Å². The van der Waals surface area contributed by atoms with E-state index in [1.54, 1.807) is 0 Å². The van der Waals surface area contributed by atoms with Gasteiger partial charge in [-0.2, -0.15) is 13.2 Å². The molecule has 0 aliphatic heterocycles. The minimum Gasteiger partial charge on any atom is -0.475 e. The average molecular weight is 462 g/mol. The molecule has 0 aromatic rings. The number of carbonyl (C=O) groups is 3. The number of ether oxygens (including phenoxy) is 4. The number of aliphatic carboxylic acids is 1. The van der Waals surface area contributed by atoms with E-state index in [0.29, 0.717) is 52.8 Å². The second-order valence-electron chi connectivity index (χ2n) is 5.79. The Morgan fingerprint density at radius 2 is 1.45 bits per heavy atom. The van der Waals surface area contributed by atoms with Gasteiger partial charge in [-0.3, -0.25) is 9.59 Å². The predicted molar refractivity (Wildman–Crippen MR) is 103 cm³/mol. The fourth-order valence-corrected chi connectivity index (χ4v) is 1.65. The van der Waals surface area contributed by atoms with Crippen LogP contribution in [0.25, 0.3) is 0 Å². The van der Waals surface area contributed by atoms with E-state index in [1.807, 2.05) is 6.92 Å². The van der Waals surface area contributed by atoms with Gasteiger partial charge in [-0.1, -0.05) is 0 Å². The second kappa shape index (κ2) is 21.3. The van der Waals surface area contributed by atoms with Gasteiger partial charge in [-0.15, -0.1) is 0 Å². The van der Waals surface area contributed by atoms with Crippen molar-refractivity contribution < 1.29 is 51.6 Å². The standard InChI is InChI=1S/C16H32N2O6.C2HF3O2/c1-2-21-11-12-23-14-13-22-10-6-15(19)18-8-5-16(20)24-9-4-3-7-17;3-2(4,5)1(6)7/h2-14,17H2,1H3,(H,18,19);(H,6,7). The van der Waals surface area contributed by atoms with Gasteiger partial charge in [0, 0.05) is 19.6 Å². The van der Waals surface area contributed by atoms with E-state index < -0.39 is 12.1 Å². The van der Waals surface area contributed by atoms with Crippen molar-refractivity contribution in [2.45, 2.75) is 38.8 Å². The first-order chi connectivity index (χ1) is 14.6. The summed E-state index contributed by atoms with van der Waals surface area (Å²) in [6.07, 6.45) is -3.06. The molecule has 0 saturated carbocycles. The highest BCUT2D eigenvalue weighted by molar-refractivity contribution is 5.77. The van der Waals surface area contributed by atoms with Gasteiger partial charge in [-0.25, -0.2) is 4.79 Å². The highest BCUT2D eigenvalue weighted by Gasteiger charge is 2.38. The van der Waals surface area contributed by atoms with Crippen LogP contribution in [0.5, 0.6) is 0 Å². The summed E-state index contributed by atoms with van der Waals surface area (Å²) in [7, 11) is 0. The maximum atomic E-state index is 11.5. The van der Waals surface area contributed by atoms with Crippen LogP contribution in [0.3, 0.4) is 0 Å². The van der Waals surface area contributed by atoms with E-state index in [9.17, 15) is 22.8 Å². The van der Waals surface area contributed by atoms with Crippen LogP contribution in [-0.4, -0.2) is 88.5 Å². The van der Waals surface area contributed by atoms with E-state index in [1.165, 1.54) is 0 Å². The first-order valence-electron chi connectivity index (χ1n) is 9.80. The first-order valence-corrected chi connectivity index (χ1v) is 9.80. The van der Waals surface area contributed by atoms with Gasteiger partial charge in [-0.05, 0) is 26.3 Å². The molecule has 0 unspecified atom stereocenters. The SMILES string of the molecule is CCOCCOCCOCCC(=O)NCCC(=O)OCCCCN.O=C(O)C(F)(F)F. The zero-order valence-corrected chi connectivity index (χ0v) is 17.7. The number of nitrogens with two attached hydrogens (primary N) is 1. The lowest BCUT2D eigenvalue weighted by Gasteiger charge is -2.07. The van der Waals surface area contributed by atoms with Gasteiger partial charge < -0.3 is 35.1 Å². The third-order valence-corrected chi connectivity index (χ3v) is 3.18. The summed E-state index contributed by atoms with van der Waals surface area (Å²) in [5.41, 5.74) is 5.34. The van der Waals surface area contributed by atoms with E-state index in [2.05, 4.69) is 5.32 Å². The number of carboxylic acids is 1. The highest BCUT2D eigenvalue weighted by atomic mass is 19.4. The number of amides is 1. The predicted octanol–water partition coefficient (Wildman–Crippen LogP) is 0.868. The van der Waals surface area contributed by atoms with Crippen LogP contribution in [0, 0.1) is 0 Å². The third-order valence-electron chi connectivity index (χ3n) is 3.18. The molecule has 0 heterocycles. The van der Waals surface area contributed by atoms with E-state index in [-0.39, 0.29) is 31.3 Å². The summed E-state index contributed by atoms with van der Waals surface area (Å²) in [4.78, 5) is 31.8. The average Bonchev–Trinajstić information content (AvgIpc) is 2.70. The molecule has 0 fully saturated rings. The molecule has 0 rings (SSSR count). The number of hydrogen-bond donors (Lipinski definition) is 3. The normalized spacial score (nSPS) is 10.7. The highest BCUT2D eigenvalue weighted by Crippen LogP contribution is 2.13. The molecule has 1 amide bonds. The Hall–Kier alpha value is -1.96. The molecule has 0 aromatic carbocycles. The van der Waals surface area contributed by atoms with Crippen molar-refractivity contribution in [2.75, 3.05) is 59.3 Å². The summed E-state index contributed by atoms with van der Waals surface area (Å²) in [5.74, 6) is -3.22. The maximum Gasteiger partial charge on any atom is 0.490 e. The fraction of sp³-hybridized carbons (Fsp3) is 0.833. The minimum atomic E-state index is -5.08. The quantitative estimate of drug-likeness (QED) is 0.212. The number of rotatable bonds is 17. The lowest BCUT2D eigenvalue weighted by molar-refractivity contribution is -0.192. The van der Waals surface area contributed by atoms with E-state index >= 15 is 0 Å². The maximum absolute atomic E-state index is 11.5. The molecule has 0 radical (unpaired) electrons. The molecule has 0 bridgehead atoms. The van der Waals surface area contributed by atoms with Crippen LogP contribution in [0.15, 0.2) is 0 Å². The van der Waals surface area contributed by atoms with Crippen molar-refractivity contribution in [1.29, 1.82) is 0 Å². The van der Waals surface area contributed by atoms with Crippen molar-refractivity contribution in [3.8, 4) is 0 Å². The third kappa shape index (κ3) is 26.0. The number of halogens is 3. The lowest BCUT2D eigenvalue weighted by atomic mass is 10.3.